The number of nitrogens with two attached hydrogens (primary N) is 1. The van der Waals surface area contributed by atoms with E-state index in [-0.39, 0.29) is 30.6 Å². The molecule has 10 heteroatoms. The van der Waals surface area contributed by atoms with Crippen LogP contribution in [0.25, 0.3) is 5.57 Å². The Labute approximate surface area is 252 Å². The molecule has 2 aliphatic rings. The van der Waals surface area contributed by atoms with E-state index in [1.54, 1.807) is 23.2 Å². The number of pyridine rings is 1. The van der Waals surface area contributed by atoms with Gasteiger partial charge < -0.3 is 30.5 Å². The minimum Gasteiger partial charge on any atom is -0.445 e. The molecule has 0 radical (unpaired) electrons. The summed E-state index contributed by atoms with van der Waals surface area (Å²) in [6.45, 7) is 3.22. The van der Waals surface area contributed by atoms with Gasteiger partial charge in [0.15, 0.2) is 11.8 Å². The van der Waals surface area contributed by atoms with Crippen molar-refractivity contribution in [3.63, 3.8) is 0 Å². The van der Waals surface area contributed by atoms with Crippen LogP contribution in [0.3, 0.4) is 0 Å². The molecule has 0 aliphatic carbocycles. The number of ether oxygens (including phenoxy) is 1. The molecule has 0 saturated carbocycles. The van der Waals surface area contributed by atoms with E-state index < -0.39 is 0 Å². The number of amides is 2. The quantitative estimate of drug-likeness (QED) is 0.306. The Bertz CT molecular complexity index is 1470. The Kier molecular flexibility index (Phi) is 9.68. The van der Waals surface area contributed by atoms with E-state index >= 15 is 0 Å². The number of likely N-dealkylation sites (tertiary alicyclic amines) is 1. The van der Waals surface area contributed by atoms with E-state index in [0.717, 1.165) is 48.3 Å². The number of piperidine rings is 1. The average Bonchev–Trinajstić information content (AvgIpc) is 3.04. The molecular formula is C33H39N7O3. The third-order valence-electron chi connectivity index (χ3n) is 7.99. The van der Waals surface area contributed by atoms with Crippen molar-refractivity contribution in [3.8, 4) is 0 Å². The summed E-state index contributed by atoms with van der Waals surface area (Å²) in [5.74, 6) is 0.694. The number of benzene rings is 2. The highest BCUT2D eigenvalue weighted by Gasteiger charge is 2.25. The fourth-order valence-corrected chi connectivity index (χ4v) is 5.36. The first-order valence-electron chi connectivity index (χ1n) is 14.6. The largest absolute Gasteiger partial charge is 0.445 e. The van der Waals surface area contributed by atoms with Crippen molar-refractivity contribution < 1.29 is 14.3 Å². The molecule has 2 aliphatic heterocycles. The highest BCUT2D eigenvalue weighted by Crippen LogP contribution is 2.29. The molecule has 0 spiro atoms. The van der Waals surface area contributed by atoms with Crippen molar-refractivity contribution in [2.24, 2.45) is 10.7 Å². The molecule has 0 unspecified atom stereocenters. The van der Waals surface area contributed by atoms with Crippen molar-refractivity contribution in [1.82, 2.24) is 19.7 Å². The second kappa shape index (κ2) is 14.0. The number of guanidine groups is 1. The molecule has 2 amide bonds. The van der Waals surface area contributed by atoms with Gasteiger partial charge in [0, 0.05) is 49.2 Å². The van der Waals surface area contributed by atoms with Crippen LogP contribution in [0.4, 0.5) is 16.3 Å². The van der Waals surface area contributed by atoms with Gasteiger partial charge in [-0.05, 0) is 86.9 Å². The minimum atomic E-state index is -0.335. The van der Waals surface area contributed by atoms with Crippen LogP contribution in [0.2, 0.25) is 0 Å². The maximum atomic E-state index is 13.0. The SMILES string of the molecule is CN1CCC(N(C)C(=O)c2ccc(NC(N)=Nc3ncccc3C3=CCN(C(=O)OCc4ccccc4)CC3)cc2)CC1. The molecule has 0 atom stereocenters. The fraction of sp³-hybridized carbons (Fsp3) is 0.333. The number of nitrogens with one attached hydrogen (secondary N) is 1. The molecule has 224 valence electrons. The van der Waals surface area contributed by atoms with E-state index in [1.165, 1.54) is 0 Å². The lowest BCUT2D eigenvalue weighted by molar-refractivity contribution is 0.0659. The maximum Gasteiger partial charge on any atom is 0.410 e. The molecule has 3 N–H and O–H groups in total. The Morgan fingerprint density at radius 3 is 2.49 bits per heavy atom. The first-order valence-corrected chi connectivity index (χ1v) is 14.6. The highest BCUT2D eigenvalue weighted by molar-refractivity contribution is 5.97. The number of aliphatic imine (C=N–C) groups is 1. The van der Waals surface area contributed by atoms with E-state index in [1.807, 2.05) is 72.6 Å². The zero-order valence-corrected chi connectivity index (χ0v) is 24.8. The summed E-state index contributed by atoms with van der Waals surface area (Å²) < 4.78 is 5.48. The van der Waals surface area contributed by atoms with E-state index in [0.29, 0.717) is 30.9 Å². The van der Waals surface area contributed by atoms with Gasteiger partial charge in [-0.3, -0.25) is 4.79 Å². The van der Waals surface area contributed by atoms with Gasteiger partial charge in [-0.15, -0.1) is 0 Å². The average molecular weight is 582 g/mol. The molecule has 1 saturated heterocycles. The molecule has 1 fully saturated rings. The van der Waals surface area contributed by atoms with Gasteiger partial charge in [0.1, 0.15) is 6.61 Å². The normalized spacial score (nSPS) is 16.4. The molecule has 5 rings (SSSR count). The summed E-state index contributed by atoms with van der Waals surface area (Å²) in [4.78, 5) is 40.4. The number of anilines is 1. The van der Waals surface area contributed by atoms with Crippen LogP contribution in [0.15, 0.2) is 84.0 Å². The molecule has 3 aromatic rings. The van der Waals surface area contributed by atoms with Gasteiger partial charge in [-0.2, -0.15) is 4.99 Å². The number of hydrogen-bond donors (Lipinski definition) is 2. The monoisotopic (exact) mass is 581 g/mol. The number of nitrogens with zero attached hydrogens (tertiary/aromatic N) is 5. The number of hydrogen-bond acceptors (Lipinski definition) is 6. The Morgan fingerprint density at radius 2 is 1.79 bits per heavy atom. The topological polar surface area (TPSA) is 116 Å². The summed E-state index contributed by atoms with van der Waals surface area (Å²) in [6.07, 6.45) is 5.95. The van der Waals surface area contributed by atoms with Crippen LogP contribution in [0.5, 0.6) is 0 Å². The zero-order chi connectivity index (χ0) is 30.2. The van der Waals surface area contributed by atoms with Crippen molar-refractivity contribution in [3.05, 3.63) is 95.7 Å². The van der Waals surface area contributed by atoms with Crippen molar-refractivity contribution in [2.75, 3.05) is 45.6 Å². The standard InChI is InChI=1S/C33H39N7O3/c1-38-19-16-28(17-20-38)39(2)31(41)26-10-12-27(13-11-26)36-32(34)37-30-29(9-6-18-35-30)25-14-21-40(22-15-25)33(42)43-23-24-7-4-3-5-8-24/h3-14,18,28H,15-17,19-23H2,1-2H3,(H3,34,35,36,37). The smallest absolute Gasteiger partial charge is 0.410 e. The Hall–Kier alpha value is -4.70. The van der Waals surface area contributed by atoms with Gasteiger partial charge in [0.05, 0.1) is 0 Å². The van der Waals surface area contributed by atoms with Crippen LogP contribution in [-0.2, 0) is 11.3 Å². The van der Waals surface area contributed by atoms with Crippen LogP contribution in [0, 0.1) is 0 Å². The number of carbonyl (C=O) groups excluding carboxylic acids is 2. The van der Waals surface area contributed by atoms with Gasteiger partial charge >= 0.3 is 6.09 Å². The maximum absolute atomic E-state index is 13.0. The fourth-order valence-electron chi connectivity index (χ4n) is 5.36. The first-order chi connectivity index (χ1) is 20.9. The predicted octanol–water partition coefficient (Wildman–Crippen LogP) is 4.73. The van der Waals surface area contributed by atoms with Crippen LogP contribution in [-0.4, -0.2) is 84.0 Å². The lowest BCUT2D eigenvalue weighted by Crippen LogP contribution is -2.44. The highest BCUT2D eigenvalue weighted by atomic mass is 16.6. The second-order valence-corrected chi connectivity index (χ2v) is 11.0. The number of rotatable bonds is 7. The zero-order valence-electron chi connectivity index (χ0n) is 24.8. The summed E-state index contributed by atoms with van der Waals surface area (Å²) in [5.41, 5.74) is 10.5. The van der Waals surface area contributed by atoms with Gasteiger partial charge in [-0.25, -0.2) is 9.78 Å². The first kappa shape index (κ1) is 29.8. The summed E-state index contributed by atoms with van der Waals surface area (Å²) in [5, 5.41) is 3.10. The van der Waals surface area contributed by atoms with Gasteiger partial charge in [-0.1, -0.05) is 36.4 Å². The van der Waals surface area contributed by atoms with Crippen LogP contribution >= 0.6 is 0 Å². The van der Waals surface area contributed by atoms with Crippen LogP contribution in [0.1, 0.15) is 40.7 Å². The van der Waals surface area contributed by atoms with Gasteiger partial charge in [0.2, 0.25) is 0 Å². The van der Waals surface area contributed by atoms with Crippen LogP contribution < -0.4 is 11.1 Å². The van der Waals surface area contributed by atoms with Crippen molar-refractivity contribution >= 4 is 35.0 Å². The van der Waals surface area contributed by atoms with E-state index in [4.69, 9.17) is 10.5 Å². The van der Waals surface area contributed by atoms with Gasteiger partial charge in [0.25, 0.3) is 5.91 Å². The molecule has 10 nitrogen and oxygen atoms in total. The molecule has 43 heavy (non-hydrogen) atoms. The lowest BCUT2D eigenvalue weighted by Gasteiger charge is -2.35. The Morgan fingerprint density at radius 1 is 1.05 bits per heavy atom. The third kappa shape index (κ3) is 7.78. The molecule has 1 aromatic heterocycles. The van der Waals surface area contributed by atoms with Crippen molar-refractivity contribution in [2.45, 2.75) is 31.9 Å². The summed E-state index contributed by atoms with van der Waals surface area (Å²) in [7, 11) is 4.00. The summed E-state index contributed by atoms with van der Waals surface area (Å²) >= 11 is 0. The number of aromatic nitrogens is 1. The van der Waals surface area contributed by atoms with E-state index in [2.05, 4.69) is 27.2 Å². The predicted molar refractivity (Wildman–Crippen MR) is 169 cm³/mol. The Balaban J connectivity index is 1.18. The molecule has 3 heterocycles. The second-order valence-electron chi connectivity index (χ2n) is 11.0. The molecule has 0 bridgehead atoms. The molecular weight excluding hydrogens is 542 g/mol. The van der Waals surface area contributed by atoms with Crippen molar-refractivity contribution in [1.29, 1.82) is 0 Å². The third-order valence-corrected chi connectivity index (χ3v) is 7.99. The lowest BCUT2D eigenvalue weighted by atomic mass is 10.0. The number of carbonyl (C=O) groups is 2. The minimum absolute atomic E-state index is 0.0182. The summed E-state index contributed by atoms with van der Waals surface area (Å²) in [6, 6.07) is 21.0. The molecule has 2 aromatic carbocycles. The van der Waals surface area contributed by atoms with E-state index in [9.17, 15) is 9.59 Å².